The Labute approximate surface area is 62.3 Å². The van der Waals surface area contributed by atoms with Crippen molar-refractivity contribution < 1.29 is 13.8 Å². The van der Waals surface area contributed by atoms with E-state index < -0.39 is 12.0 Å². The molecular formula is C5H8FNO2S. The van der Waals surface area contributed by atoms with Crippen molar-refractivity contribution in [2.24, 2.45) is 0 Å². The lowest BCUT2D eigenvalue weighted by molar-refractivity contribution is -0.139. The summed E-state index contributed by atoms with van der Waals surface area (Å²) < 4.78 is 11.8. The molecule has 0 amide bonds. The number of rotatable bonds is 2. The van der Waals surface area contributed by atoms with Crippen molar-refractivity contribution in [3.8, 4) is 0 Å². The number of hydrogen-bond donors (Lipinski definition) is 2. The number of carbonyl (C=O) groups is 1. The first-order valence-electron chi connectivity index (χ1n) is 2.97. The van der Waals surface area contributed by atoms with Gasteiger partial charge < -0.3 is 10.4 Å². The average Bonchev–Trinajstić information content (AvgIpc) is 2.34. The van der Waals surface area contributed by atoms with E-state index in [9.17, 15) is 8.68 Å². The van der Waals surface area contributed by atoms with E-state index in [0.29, 0.717) is 13.0 Å². The quantitative estimate of drug-likeness (QED) is 0.622. The van der Waals surface area contributed by atoms with Crippen LogP contribution >= 0.6 is 12.1 Å². The molecule has 2 atom stereocenters. The molecule has 0 radical (unpaired) electrons. The lowest BCUT2D eigenvalue weighted by Gasteiger charge is -2.00. The number of halogens is 1. The first kappa shape index (κ1) is 7.81. The third kappa shape index (κ3) is 1.60. The second-order valence-corrected chi connectivity index (χ2v) is 3.09. The van der Waals surface area contributed by atoms with E-state index in [2.05, 4.69) is 5.32 Å². The molecule has 1 saturated heterocycles. The van der Waals surface area contributed by atoms with Crippen LogP contribution in [0.1, 0.15) is 6.42 Å². The van der Waals surface area contributed by atoms with Crippen molar-refractivity contribution in [1.82, 2.24) is 5.32 Å². The Bertz CT molecular complexity index is 144. The molecular weight excluding hydrogens is 157 g/mol. The van der Waals surface area contributed by atoms with Crippen LogP contribution in [0.2, 0.25) is 0 Å². The van der Waals surface area contributed by atoms with E-state index in [0.717, 1.165) is 0 Å². The van der Waals surface area contributed by atoms with Crippen LogP contribution in [0.15, 0.2) is 0 Å². The number of carboxylic acid groups (broad SMARTS) is 1. The SMILES string of the molecule is O=C(O)[C@@H]1C[C@H](SF)CN1. The number of hydrogen-bond acceptors (Lipinski definition) is 3. The highest BCUT2D eigenvalue weighted by Crippen LogP contribution is 2.21. The largest absolute Gasteiger partial charge is 0.480 e. The van der Waals surface area contributed by atoms with E-state index in [1.54, 1.807) is 0 Å². The normalized spacial score (nSPS) is 32.5. The van der Waals surface area contributed by atoms with Crippen LogP contribution in [0.4, 0.5) is 3.89 Å². The first-order chi connectivity index (χ1) is 4.74. The van der Waals surface area contributed by atoms with Gasteiger partial charge >= 0.3 is 5.97 Å². The topological polar surface area (TPSA) is 49.3 Å². The van der Waals surface area contributed by atoms with E-state index in [4.69, 9.17) is 5.11 Å². The molecule has 1 aliphatic heterocycles. The van der Waals surface area contributed by atoms with Crippen molar-refractivity contribution >= 4 is 18.1 Å². The zero-order valence-electron chi connectivity index (χ0n) is 5.21. The summed E-state index contributed by atoms with van der Waals surface area (Å²) in [5, 5.41) is 10.9. The van der Waals surface area contributed by atoms with Gasteiger partial charge in [-0.15, -0.1) is 0 Å². The standard InChI is InChI=1S/C5H8FNO2S/c6-10-3-1-4(5(8)9)7-2-3/h3-4,7H,1-2H2,(H,8,9)/t3-,4-/m0/s1. The van der Waals surface area contributed by atoms with Gasteiger partial charge in [-0.2, -0.15) is 3.89 Å². The summed E-state index contributed by atoms with van der Waals surface area (Å²) in [6.45, 7) is 0.456. The molecule has 1 aliphatic rings. The Hall–Kier alpha value is -0.290. The highest BCUT2D eigenvalue weighted by Gasteiger charge is 2.29. The highest BCUT2D eigenvalue weighted by atomic mass is 32.2. The van der Waals surface area contributed by atoms with Crippen LogP contribution in [0.25, 0.3) is 0 Å². The van der Waals surface area contributed by atoms with Gasteiger partial charge in [-0.05, 0) is 6.42 Å². The fourth-order valence-corrected chi connectivity index (χ4v) is 1.38. The van der Waals surface area contributed by atoms with Gasteiger partial charge in [0, 0.05) is 18.7 Å². The summed E-state index contributed by atoms with van der Waals surface area (Å²) in [5.74, 6) is -0.892. The Morgan fingerprint density at radius 1 is 1.80 bits per heavy atom. The molecule has 0 aromatic carbocycles. The van der Waals surface area contributed by atoms with Crippen molar-refractivity contribution in [2.75, 3.05) is 6.54 Å². The zero-order valence-corrected chi connectivity index (χ0v) is 6.03. The smallest absolute Gasteiger partial charge is 0.320 e. The van der Waals surface area contributed by atoms with E-state index in [1.165, 1.54) is 0 Å². The van der Waals surface area contributed by atoms with Gasteiger partial charge in [0.1, 0.15) is 6.04 Å². The second-order valence-electron chi connectivity index (χ2n) is 2.25. The van der Waals surface area contributed by atoms with Gasteiger partial charge in [0.2, 0.25) is 0 Å². The second kappa shape index (κ2) is 3.21. The Morgan fingerprint density at radius 3 is 2.80 bits per heavy atom. The minimum absolute atomic E-state index is 0.180. The molecule has 0 saturated carbocycles. The van der Waals surface area contributed by atoms with Gasteiger partial charge in [-0.25, -0.2) is 0 Å². The molecule has 5 heteroatoms. The monoisotopic (exact) mass is 165 g/mol. The van der Waals surface area contributed by atoms with Gasteiger partial charge in [0.25, 0.3) is 0 Å². The third-order valence-corrected chi connectivity index (χ3v) is 2.13. The van der Waals surface area contributed by atoms with Gasteiger partial charge in [0.15, 0.2) is 0 Å². The van der Waals surface area contributed by atoms with Crippen molar-refractivity contribution in [2.45, 2.75) is 17.7 Å². The Kier molecular flexibility index (Phi) is 2.50. The van der Waals surface area contributed by atoms with Crippen molar-refractivity contribution in [3.05, 3.63) is 0 Å². The maximum absolute atomic E-state index is 11.8. The van der Waals surface area contributed by atoms with Crippen LogP contribution in [0.5, 0.6) is 0 Å². The molecule has 1 fully saturated rings. The maximum atomic E-state index is 11.8. The molecule has 0 aromatic rings. The van der Waals surface area contributed by atoms with E-state index in [1.807, 2.05) is 0 Å². The lowest BCUT2D eigenvalue weighted by atomic mass is 10.2. The van der Waals surface area contributed by atoms with E-state index in [-0.39, 0.29) is 17.4 Å². The van der Waals surface area contributed by atoms with Crippen molar-refractivity contribution in [3.63, 3.8) is 0 Å². The molecule has 0 unspecified atom stereocenters. The maximum Gasteiger partial charge on any atom is 0.320 e. The molecule has 2 N–H and O–H groups in total. The summed E-state index contributed by atoms with van der Waals surface area (Å²) in [5.41, 5.74) is 0. The predicted molar refractivity (Wildman–Crippen MR) is 36.5 cm³/mol. The first-order valence-corrected chi connectivity index (χ1v) is 3.75. The Morgan fingerprint density at radius 2 is 2.50 bits per heavy atom. The summed E-state index contributed by atoms with van der Waals surface area (Å²) in [4.78, 5) is 10.3. The molecule has 0 aliphatic carbocycles. The van der Waals surface area contributed by atoms with Crippen LogP contribution in [-0.4, -0.2) is 28.9 Å². The minimum Gasteiger partial charge on any atom is -0.480 e. The number of carboxylic acids is 1. The van der Waals surface area contributed by atoms with Crippen molar-refractivity contribution in [1.29, 1.82) is 0 Å². The van der Waals surface area contributed by atoms with Crippen LogP contribution in [-0.2, 0) is 4.79 Å². The summed E-state index contributed by atoms with van der Waals surface area (Å²) in [6.07, 6.45) is 0.385. The van der Waals surface area contributed by atoms with Crippen LogP contribution in [0.3, 0.4) is 0 Å². The molecule has 0 spiro atoms. The summed E-state index contributed by atoms with van der Waals surface area (Å²) in [6, 6.07) is -0.548. The fraction of sp³-hybridized carbons (Fsp3) is 0.800. The molecule has 0 bridgehead atoms. The fourth-order valence-electron chi connectivity index (χ4n) is 0.959. The molecule has 1 heterocycles. The minimum atomic E-state index is -0.892. The predicted octanol–water partition coefficient (Wildman–Crippen LogP) is 0.419. The number of aliphatic carboxylic acids is 1. The Balaban J connectivity index is 2.35. The third-order valence-electron chi connectivity index (χ3n) is 1.51. The van der Waals surface area contributed by atoms with E-state index >= 15 is 0 Å². The van der Waals surface area contributed by atoms with Gasteiger partial charge in [0.05, 0.1) is 5.25 Å². The molecule has 0 aromatic heterocycles. The van der Waals surface area contributed by atoms with Gasteiger partial charge in [-0.1, -0.05) is 0 Å². The van der Waals surface area contributed by atoms with Crippen LogP contribution < -0.4 is 5.32 Å². The average molecular weight is 165 g/mol. The highest BCUT2D eigenvalue weighted by molar-refractivity contribution is 7.95. The lowest BCUT2D eigenvalue weighted by Crippen LogP contribution is -2.29. The molecule has 1 rings (SSSR count). The zero-order chi connectivity index (χ0) is 7.56. The molecule has 3 nitrogen and oxygen atoms in total. The summed E-state index contributed by atoms with van der Waals surface area (Å²) in [7, 11) is 0. The molecule has 10 heavy (non-hydrogen) atoms. The van der Waals surface area contributed by atoms with Crippen LogP contribution in [0, 0.1) is 0 Å². The summed E-state index contributed by atoms with van der Waals surface area (Å²) >= 11 is 0.228. The number of nitrogens with one attached hydrogen (secondary N) is 1. The molecule has 58 valence electrons. The van der Waals surface area contributed by atoms with Gasteiger partial charge in [-0.3, -0.25) is 4.79 Å².